The predicted molar refractivity (Wildman–Crippen MR) is 67.9 cm³/mol. The minimum absolute atomic E-state index is 0.876. The second-order valence-corrected chi connectivity index (χ2v) is 5.28. The maximum atomic E-state index is 5.22. The van der Waals surface area contributed by atoms with E-state index in [2.05, 4.69) is 27.8 Å². The van der Waals surface area contributed by atoms with Crippen LogP contribution in [-0.4, -0.2) is 12.1 Å². The molecule has 80 valence electrons. The Bertz CT molecular complexity index is 481. The third kappa shape index (κ3) is 2.16. The molecule has 0 radical (unpaired) electrons. The van der Waals surface area contributed by atoms with Gasteiger partial charge in [0.15, 0.2) is 0 Å². The Morgan fingerprint density at radius 2 is 2.27 bits per heavy atom. The fourth-order valence-corrected chi connectivity index (χ4v) is 3.23. The van der Waals surface area contributed by atoms with Gasteiger partial charge in [0.05, 0.1) is 22.3 Å². The highest BCUT2D eigenvalue weighted by Crippen LogP contribution is 2.33. The highest BCUT2D eigenvalue weighted by Gasteiger charge is 2.08. The van der Waals surface area contributed by atoms with Crippen molar-refractivity contribution in [2.75, 3.05) is 7.11 Å². The number of aryl methyl sites for hydroxylation is 1. The number of ether oxygens (including phenoxy) is 1. The van der Waals surface area contributed by atoms with Crippen molar-refractivity contribution in [1.82, 2.24) is 4.98 Å². The molecule has 0 bridgehead atoms. The van der Waals surface area contributed by atoms with Gasteiger partial charge in [-0.1, -0.05) is 6.92 Å². The summed E-state index contributed by atoms with van der Waals surface area (Å²) in [5, 5.41) is 1.20. The van der Waals surface area contributed by atoms with Gasteiger partial charge in [0, 0.05) is 4.47 Å². The average Bonchev–Trinajstić information content (AvgIpc) is 2.61. The minimum Gasteiger partial charge on any atom is -0.497 e. The summed E-state index contributed by atoms with van der Waals surface area (Å²) in [6.45, 7) is 2.17. The van der Waals surface area contributed by atoms with Crippen LogP contribution in [0.4, 0.5) is 0 Å². The van der Waals surface area contributed by atoms with E-state index in [9.17, 15) is 0 Å². The molecule has 1 heterocycles. The molecule has 2 nitrogen and oxygen atoms in total. The summed E-state index contributed by atoms with van der Waals surface area (Å²) in [6, 6.07) is 3.99. The molecule has 4 heteroatoms. The van der Waals surface area contributed by atoms with E-state index in [1.54, 1.807) is 18.4 Å². The van der Waals surface area contributed by atoms with Gasteiger partial charge < -0.3 is 4.74 Å². The Labute approximate surface area is 101 Å². The third-order valence-electron chi connectivity index (χ3n) is 2.17. The van der Waals surface area contributed by atoms with Gasteiger partial charge in [0.25, 0.3) is 0 Å². The van der Waals surface area contributed by atoms with Gasteiger partial charge in [0.1, 0.15) is 5.75 Å². The van der Waals surface area contributed by atoms with Crippen molar-refractivity contribution >= 4 is 37.5 Å². The Balaban J connectivity index is 2.54. The van der Waals surface area contributed by atoms with Crippen molar-refractivity contribution in [3.63, 3.8) is 0 Å². The number of aromatic nitrogens is 1. The molecule has 0 aliphatic heterocycles. The first-order chi connectivity index (χ1) is 7.24. The van der Waals surface area contributed by atoms with Gasteiger partial charge in [-0.25, -0.2) is 4.98 Å². The van der Waals surface area contributed by atoms with Crippen LogP contribution in [0, 0.1) is 0 Å². The molecule has 1 aromatic heterocycles. The largest absolute Gasteiger partial charge is 0.497 e. The van der Waals surface area contributed by atoms with Crippen molar-refractivity contribution < 1.29 is 4.74 Å². The molecule has 15 heavy (non-hydrogen) atoms. The predicted octanol–water partition coefficient (Wildman–Crippen LogP) is 4.02. The maximum Gasteiger partial charge on any atom is 0.121 e. The van der Waals surface area contributed by atoms with Crippen LogP contribution in [0.5, 0.6) is 5.75 Å². The fraction of sp³-hybridized carbons (Fsp3) is 0.364. The second-order valence-electron chi connectivity index (χ2n) is 3.31. The smallest absolute Gasteiger partial charge is 0.121 e. The monoisotopic (exact) mass is 285 g/mol. The molecular weight excluding hydrogens is 274 g/mol. The number of fused-ring (bicyclic) bond motifs is 1. The van der Waals surface area contributed by atoms with Crippen LogP contribution in [0.25, 0.3) is 10.2 Å². The van der Waals surface area contributed by atoms with Crippen LogP contribution >= 0.6 is 27.3 Å². The zero-order chi connectivity index (χ0) is 10.8. The number of rotatable bonds is 3. The first-order valence-corrected chi connectivity index (χ1v) is 6.48. The van der Waals surface area contributed by atoms with Crippen LogP contribution in [0.15, 0.2) is 16.6 Å². The molecular formula is C11H12BrNOS. The quantitative estimate of drug-likeness (QED) is 0.850. The minimum atomic E-state index is 0.876. The number of methoxy groups -OCH3 is 1. The summed E-state index contributed by atoms with van der Waals surface area (Å²) < 4.78 is 7.42. The van der Waals surface area contributed by atoms with Crippen molar-refractivity contribution in [2.24, 2.45) is 0 Å². The average molecular weight is 286 g/mol. The second kappa shape index (κ2) is 4.49. The van der Waals surface area contributed by atoms with Gasteiger partial charge in [-0.05, 0) is 40.9 Å². The van der Waals surface area contributed by atoms with E-state index in [4.69, 9.17) is 4.74 Å². The summed E-state index contributed by atoms with van der Waals surface area (Å²) >= 11 is 5.26. The molecule has 0 amide bonds. The molecule has 0 N–H and O–H groups in total. The van der Waals surface area contributed by atoms with Crippen LogP contribution in [0.3, 0.4) is 0 Å². The van der Waals surface area contributed by atoms with Crippen molar-refractivity contribution in [2.45, 2.75) is 19.8 Å². The zero-order valence-electron chi connectivity index (χ0n) is 8.71. The third-order valence-corrected chi connectivity index (χ3v) is 3.83. The van der Waals surface area contributed by atoms with Gasteiger partial charge in [-0.2, -0.15) is 0 Å². The highest BCUT2D eigenvalue weighted by atomic mass is 79.9. The molecule has 2 aromatic rings. The molecule has 0 atom stereocenters. The van der Waals surface area contributed by atoms with E-state index >= 15 is 0 Å². The Morgan fingerprint density at radius 3 is 2.93 bits per heavy atom. The molecule has 0 aliphatic rings. The lowest BCUT2D eigenvalue weighted by molar-refractivity contribution is 0.415. The van der Waals surface area contributed by atoms with E-state index in [0.29, 0.717) is 0 Å². The lowest BCUT2D eigenvalue weighted by Crippen LogP contribution is -1.82. The highest BCUT2D eigenvalue weighted by molar-refractivity contribution is 9.10. The summed E-state index contributed by atoms with van der Waals surface area (Å²) in [4.78, 5) is 4.59. The van der Waals surface area contributed by atoms with Gasteiger partial charge >= 0.3 is 0 Å². The summed E-state index contributed by atoms with van der Waals surface area (Å²) in [7, 11) is 1.68. The number of hydrogen-bond donors (Lipinski definition) is 0. The lowest BCUT2D eigenvalue weighted by atomic mass is 10.3. The number of thiazole rings is 1. The van der Waals surface area contributed by atoms with Crippen LogP contribution in [-0.2, 0) is 6.42 Å². The maximum absolute atomic E-state index is 5.22. The first-order valence-electron chi connectivity index (χ1n) is 4.87. The molecule has 0 fully saturated rings. The summed E-state index contributed by atoms with van der Waals surface area (Å²) in [6.07, 6.45) is 2.18. The SMILES string of the molecule is CCCc1nc2c(Br)cc(OC)cc2s1. The van der Waals surface area contributed by atoms with Crippen molar-refractivity contribution in [1.29, 1.82) is 0 Å². The molecule has 0 unspecified atom stereocenters. The van der Waals surface area contributed by atoms with Gasteiger partial charge in [-0.3, -0.25) is 0 Å². The summed E-state index contributed by atoms with van der Waals surface area (Å²) in [5.41, 5.74) is 1.05. The van der Waals surface area contributed by atoms with Crippen LogP contribution < -0.4 is 4.74 Å². The van der Waals surface area contributed by atoms with E-state index in [1.165, 1.54) is 9.71 Å². The fourth-order valence-electron chi connectivity index (χ4n) is 1.45. The molecule has 0 saturated heterocycles. The number of benzene rings is 1. The summed E-state index contributed by atoms with van der Waals surface area (Å²) in [5.74, 6) is 0.876. The van der Waals surface area contributed by atoms with Crippen LogP contribution in [0.1, 0.15) is 18.4 Å². The first kappa shape index (κ1) is 10.9. The Hall–Kier alpha value is -0.610. The lowest BCUT2D eigenvalue weighted by Gasteiger charge is -1.99. The molecule has 0 spiro atoms. The normalized spacial score (nSPS) is 10.9. The molecule has 0 aliphatic carbocycles. The van der Waals surface area contributed by atoms with Gasteiger partial charge in [0.2, 0.25) is 0 Å². The Kier molecular flexibility index (Phi) is 3.26. The van der Waals surface area contributed by atoms with E-state index in [0.717, 1.165) is 28.6 Å². The van der Waals surface area contributed by atoms with E-state index in [-0.39, 0.29) is 0 Å². The number of hydrogen-bond acceptors (Lipinski definition) is 3. The van der Waals surface area contributed by atoms with E-state index < -0.39 is 0 Å². The van der Waals surface area contributed by atoms with Crippen molar-refractivity contribution in [3.05, 3.63) is 21.6 Å². The van der Waals surface area contributed by atoms with Gasteiger partial charge in [-0.15, -0.1) is 11.3 Å². The Morgan fingerprint density at radius 1 is 1.47 bits per heavy atom. The molecule has 2 rings (SSSR count). The number of nitrogens with zero attached hydrogens (tertiary/aromatic N) is 1. The van der Waals surface area contributed by atoms with Crippen molar-refractivity contribution in [3.8, 4) is 5.75 Å². The standard InChI is InChI=1S/C11H12BrNOS/c1-3-4-10-13-11-8(12)5-7(14-2)6-9(11)15-10/h5-6H,3-4H2,1-2H3. The zero-order valence-corrected chi connectivity index (χ0v) is 11.1. The molecule has 0 saturated carbocycles. The topological polar surface area (TPSA) is 22.1 Å². The number of halogens is 1. The van der Waals surface area contributed by atoms with Crippen LogP contribution in [0.2, 0.25) is 0 Å². The van der Waals surface area contributed by atoms with E-state index in [1.807, 2.05) is 12.1 Å². The molecule has 1 aromatic carbocycles.